The van der Waals surface area contributed by atoms with Gasteiger partial charge in [0.15, 0.2) is 0 Å². The van der Waals surface area contributed by atoms with Gasteiger partial charge < -0.3 is 15.1 Å². The fraction of sp³-hybridized carbons (Fsp3) is 0.250. The SMILES string of the molecule is Cc1cc(C)nc(N2CCN(c3nc(Nc4ccccc4)c4ccccc4n3)CC2)n1. The van der Waals surface area contributed by atoms with E-state index in [4.69, 9.17) is 9.97 Å². The summed E-state index contributed by atoms with van der Waals surface area (Å²) >= 11 is 0. The number of piperazine rings is 1. The van der Waals surface area contributed by atoms with Gasteiger partial charge in [-0.2, -0.15) is 4.98 Å². The molecule has 2 aromatic carbocycles. The highest BCUT2D eigenvalue weighted by Gasteiger charge is 2.22. The van der Waals surface area contributed by atoms with E-state index in [0.29, 0.717) is 0 Å². The molecule has 0 amide bonds. The molecule has 0 spiro atoms. The number of benzene rings is 2. The predicted octanol–water partition coefficient (Wildman–Crippen LogP) is 4.11. The third kappa shape index (κ3) is 4.12. The Hall–Kier alpha value is -3.74. The van der Waals surface area contributed by atoms with Gasteiger partial charge in [-0.05, 0) is 44.2 Å². The zero-order chi connectivity index (χ0) is 21.2. The van der Waals surface area contributed by atoms with Crippen LogP contribution in [0.4, 0.5) is 23.4 Å². The lowest BCUT2D eigenvalue weighted by molar-refractivity contribution is 0.627. The number of nitrogens with one attached hydrogen (secondary N) is 1. The first-order valence-corrected chi connectivity index (χ1v) is 10.6. The fourth-order valence-electron chi connectivity index (χ4n) is 3.91. The quantitative estimate of drug-likeness (QED) is 0.542. The van der Waals surface area contributed by atoms with Gasteiger partial charge >= 0.3 is 0 Å². The van der Waals surface area contributed by atoms with Crippen LogP contribution in [-0.2, 0) is 0 Å². The molecule has 0 unspecified atom stereocenters. The highest BCUT2D eigenvalue weighted by atomic mass is 15.4. The molecule has 0 bridgehead atoms. The van der Waals surface area contributed by atoms with Crippen LogP contribution in [0, 0.1) is 13.8 Å². The zero-order valence-corrected chi connectivity index (χ0v) is 17.8. The standard InChI is InChI=1S/C24H25N7/c1-17-16-18(2)26-23(25-17)30-12-14-31(15-13-30)24-28-21-11-7-6-10-20(21)22(29-24)27-19-8-4-3-5-9-19/h3-11,16H,12-15H2,1-2H3,(H,27,28,29). The molecule has 5 rings (SSSR count). The number of hydrogen-bond acceptors (Lipinski definition) is 7. The lowest BCUT2D eigenvalue weighted by Crippen LogP contribution is -2.47. The first-order chi connectivity index (χ1) is 15.2. The topological polar surface area (TPSA) is 70.1 Å². The van der Waals surface area contributed by atoms with Crippen molar-refractivity contribution in [3.63, 3.8) is 0 Å². The monoisotopic (exact) mass is 411 g/mol. The van der Waals surface area contributed by atoms with Crippen LogP contribution >= 0.6 is 0 Å². The summed E-state index contributed by atoms with van der Waals surface area (Å²) in [4.78, 5) is 23.5. The minimum atomic E-state index is 0.748. The maximum atomic E-state index is 4.90. The summed E-state index contributed by atoms with van der Waals surface area (Å²) < 4.78 is 0. The largest absolute Gasteiger partial charge is 0.340 e. The number of para-hydroxylation sites is 2. The summed E-state index contributed by atoms with van der Waals surface area (Å²) in [5, 5.41) is 4.48. The summed E-state index contributed by atoms with van der Waals surface area (Å²) in [6, 6.07) is 20.2. The van der Waals surface area contributed by atoms with E-state index in [0.717, 1.165) is 71.9 Å². The molecule has 0 aliphatic carbocycles. The Balaban J connectivity index is 1.40. The van der Waals surface area contributed by atoms with E-state index in [-0.39, 0.29) is 0 Å². The minimum Gasteiger partial charge on any atom is -0.340 e. The second-order valence-corrected chi connectivity index (χ2v) is 7.81. The van der Waals surface area contributed by atoms with Crippen LogP contribution in [0.5, 0.6) is 0 Å². The van der Waals surface area contributed by atoms with Gasteiger partial charge in [0.05, 0.1) is 5.52 Å². The van der Waals surface area contributed by atoms with E-state index in [1.807, 2.05) is 68.4 Å². The second-order valence-electron chi connectivity index (χ2n) is 7.81. The molecule has 7 nitrogen and oxygen atoms in total. The molecule has 1 aliphatic rings. The summed E-state index contributed by atoms with van der Waals surface area (Å²) in [5.74, 6) is 2.38. The van der Waals surface area contributed by atoms with Crippen molar-refractivity contribution in [2.24, 2.45) is 0 Å². The maximum Gasteiger partial charge on any atom is 0.228 e. The van der Waals surface area contributed by atoms with E-state index in [1.165, 1.54) is 0 Å². The van der Waals surface area contributed by atoms with Crippen molar-refractivity contribution in [1.29, 1.82) is 0 Å². The Morgan fingerprint density at radius 1 is 0.677 bits per heavy atom. The van der Waals surface area contributed by atoms with Gasteiger partial charge in [-0.1, -0.05) is 30.3 Å². The first kappa shape index (κ1) is 19.2. The molecule has 1 N–H and O–H groups in total. The van der Waals surface area contributed by atoms with Gasteiger partial charge in [0.1, 0.15) is 5.82 Å². The number of anilines is 4. The molecule has 0 radical (unpaired) electrons. The van der Waals surface area contributed by atoms with Gasteiger partial charge in [-0.3, -0.25) is 0 Å². The molecule has 0 saturated carbocycles. The average Bonchev–Trinajstić information content (AvgIpc) is 2.79. The normalized spacial score (nSPS) is 14.1. The molecule has 31 heavy (non-hydrogen) atoms. The fourth-order valence-corrected chi connectivity index (χ4v) is 3.91. The van der Waals surface area contributed by atoms with Crippen molar-refractivity contribution >= 4 is 34.3 Å². The number of aryl methyl sites for hydroxylation is 2. The van der Waals surface area contributed by atoms with E-state index in [9.17, 15) is 0 Å². The molecule has 1 fully saturated rings. The molecule has 4 aromatic rings. The third-order valence-electron chi connectivity index (χ3n) is 5.44. The Morgan fingerprint density at radius 3 is 1.94 bits per heavy atom. The Bertz CT molecular complexity index is 1180. The van der Waals surface area contributed by atoms with Crippen LogP contribution in [0.15, 0.2) is 60.7 Å². The van der Waals surface area contributed by atoms with Gasteiger partial charge in [0.2, 0.25) is 11.9 Å². The predicted molar refractivity (Wildman–Crippen MR) is 125 cm³/mol. The summed E-state index contributed by atoms with van der Waals surface area (Å²) in [7, 11) is 0. The van der Waals surface area contributed by atoms with Crippen LogP contribution in [-0.4, -0.2) is 46.1 Å². The van der Waals surface area contributed by atoms with Crippen molar-refractivity contribution in [2.75, 3.05) is 41.3 Å². The zero-order valence-electron chi connectivity index (χ0n) is 17.8. The van der Waals surface area contributed by atoms with Crippen LogP contribution in [0.25, 0.3) is 10.9 Å². The third-order valence-corrected chi connectivity index (χ3v) is 5.44. The van der Waals surface area contributed by atoms with E-state index in [2.05, 4.69) is 31.2 Å². The van der Waals surface area contributed by atoms with Crippen LogP contribution in [0.3, 0.4) is 0 Å². The number of rotatable bonds is 4. The Kier molecular flexibility index (Phi) is 5.08. The van der Waals surface area contributed by atoms with Gasteiger partial charge in [-0.15, -0.1) is 0 Å². The van der Waals surface area contributed by atoms with Crippen molar-refractivity contribution in [3.8, 4) is 0 Å². The van der Waals surface area contributed by atoms with E-state index < -0.39 is 0 Å². The smallest absolute Gasteiger partial charge is 0.228 e. The van der Waals surface area contributed by atoms with Gasteiger partial charge in [0.25, 0.3) is 0 Å². The summed E-state index contributed by atoms with van der Waals surface area (Å²) in [5.41, 5.74) is 3.94. The maximum absolute atomic E-state index is 4.90. The highest BCUT2D eigenvalue weighted by Crippen LogP contribution is 2.27. The number of hydrogen-bond donors (Lipinski definition) is 1. The van der Waals surface area contributed by atoms with Crippen molar-refractivity contribution in [2.45, 2.75) is 13.8 Å². The van der Waals surface area contributed by atoms with E-state index in [1.54, 1.807) is 0 Å². The molecule has 7 heteroatoms. The van der Waals surface area contributed by atoms with Crippen LogP contribution in [0.2, 0.25) is 0 Å². The second kappa shape index (κ2) is 8.18. The number of aromatic nitrogens is 4. The van der Waals surface area contributed by atoms with Gasteiger partial charge in [0, 0.05) is 48.6 Å². The molecular weight excluding hydrogens is 386 g/mol. The molecule has 3 heterocycles. The lowest BCUT2D eigenvalue weighted by atomic mass is 10.2. The van der Waals surface area contributed by atoms with Crippen LogP contribution in [0.1, 0.15) is 11.4 Å². The molecule has 1 aliphatic heterocycles. The molecule has 156 valence electrons. The highest BCUT2D eigenvalue weighted by molar-refractivity contribution is 5.91. The average molecular weight is 412 g/mol. The number of nitrogens with zero attached hydrogens (tertiary/aromatic N) is 6. The van der Waals surface area contributed by atoms with Crippen molar-refractivity contribution in [1.82, 2.24) is 19.9 Å². The lowest BCUT2D eigenvalue weighted by Gasteiger charge is -2.35. The van der Waals surface area contributed by atoms with E-state index >= 15 is 0 Å². The summed E-state index contributed by atoms with van der Waals surface area (Å²) in [6.45, 7) is 7.33. The molecule has 1 saturated heterocycles. The molecule has 2 aromatic heterocycles. The van der Waals surface area contributed by atoms with Crippen molar-refractivity contribution < 1.29 is 0 Å². The first-order valence-electron chi connectivity index (χ1n) is 10.6. The van der Waals surface area contributed by atoms with Crippen molar-refractivity contribution in [3.05, 3.63) is 72.1 Å². The molecule has 0 atom stereocenters. The van der Waals surface area contributed by atoms with Gasteiger partial charge in [-0.25, -0.2) is 15.0 Å². The summed E-state index contributed by atoms with van der Waals surface area (Å²) in [6.07, 6.45) is 0. The van der Waals surface area contributed by atoms with Crippen LogP contribution < -0.4 is 15.1 Å². The Labute approximate surface area is 181 Å². The molecular formula is C24H25N7. The Morgan fingerprint density at radius 2 is 1.26 bits per heavy atom. The minimum absolute atomic E-state index is 0.748. The number of fused-ring (bicyclic) bond motifs is 1.